The van der Waals surface area contributed by atoms with Crippen molar-refractivity contribution in [3.05, 3.63) is 91.0 Å². The second-order valence-electron chi connectivity index (χ2n) is 13.4. The first-order valence-corrected chi connectivity index (χ1v) is 29.0. The number of hydrogen-bond donors (Lipinski definition) is 3. The summed E-state index contributed by atoms with van der Waals surface area (Å²) in [6.45, 7) is 9.71. The normalized spacial score (nSPS) is 12.8. The Bertz CT molecular complexity index is 1360. The average molecular weight is 1150 g/mol. The van der Waals surface area contributed by atoms with Crippen molar-refractivity contribution in [3.8, 4) is 17.2 Å². The molecule has 72 heavy (non-hydrogen) atoms. The topological polar surface area (TPSA) is 227 Å². The van der Waals surface area contributed by atoms with Gasteiger partial charge in [0.2, 0.25) is 0 Å². The maximum atomic E-state index is 8.11. The molecule has 0 fully saturated rings. The van der Waals surface area contributed by atoms with Crippen molar-refractivity contribution in [2.75, 3.05) is 142 Å². The molecule has 0 bridgehead atoms. The molecule has 5 unspecified atom stereocenters. The van der Waals surface area contributed by atoms with Crippen molar-refractivity contribution in [1.82, 2.24) is 0 Å². The van der Waals surface area contributed by atoms with Gasteiger partial charge in [0.1, 0.15) is 17.2 Å². The molecule has 3 aromatic rings. The zero-order chi connectivity index (χ0) is 54.4. The lowest BCUT2D eigenvalue weighted by Crippen LogP contribution is -2.18. The van der Waals surface area contributed by atoms with Gasteiger partial charge in [-0.25, -0.2) is 0 Å². The summed E-state index contributed by atoms with van der Waals surface area (Å²) in [5.41, 5.74) is 0. The Hall–Kier alpha value is -1.08. The summed E-state index contributed by atoms with van der Waals surface area (Å²) in [5.74, 6) is 2.13. The number of benzene rings is 3. The number of aliphatic hydroxyl groups is 3. The molecule has 5 atom stereocenters. The molecule has 0 aliphatic carbocycles. The van der Waals surface area contributed by atoms with Crippen molar-refractivity contribution in [2.45, 2.75) is 39.1 Å². The highest BCUT2D eigenvalue weighted by atomic mass is 32.0. The summed E-state index contributed by atoms with van der Waals surface area (Å²) >= 11 is 0. The summed E-state index contributed by atoms with van der Waals surface area (Å²) < 4.78 is 105. The molecule has 21 nitrogen and oxygen atoms in total. The summed E-state index contributed by atoms with van der Waals surface area (Å²) in [4.78, 5) is 0. The molecule has 0 amide bonds. The minimum absolute atomic E-state index is 0.122. The highest BCUT2D eigenvalue weighted by molar-refractivity contribution is 7.92. The molecular formula is C45H82O21P6. The molecule has 0 radical (unpaired) electrons. The van der Waals surface area contributed by atoms with E-state index in [0.717, 1.165) is 0 Å². The van der Waals surface area contributed by atoms with Gasteiger partial charge >= 0.3 is 34.4 Å². The largest absolute Gasteiger partial charge is 0.530 e. The van der Waals surface area contributed by atoms with E-state index >= 15 is 0 Å². The van der Waals surface area contributed by atoms with Crippen LogP contribution in [0.15, 0.2) is 91.0 Å². The first-order valence-electron chi connectivity index (χ1n) is 22.8. The van der Waals surface area contributed by atoms with Gasteiger partial charge in [-0.1, -0.05) is 54.6 Å². The van der Waals surface area contributed by atoms with E-state index in [1.165, 1.54) is 6.92 Å². The van der Waals surface area contributed by atoms with Gasteiger partial charge in [0.15, 0.2) is 0 Å². The van der Waals surface area contributed by atoms with Crippen molar-refractivity contribution < 1.29 is 98.0 Å². The maximum absolute atomic E-state index is 8.11. The molecule has 0 heterocycles. The lowest BCUT2D eigenvalue weighted by atomic mass is 10.3. The van der Waals surface area contributed by atoms with Crippen LogP contribution in [0.4, 0.5) is 0 Å². The van der Waals surface area contributed by atoms with Crippen LogP contribution in [-0.2, 0) is 69.1 Å². The summed E-state index contributed by atoms with van der Waals surface area (Å²) in [6, 6.07) is 28.5. The van der Waals surface area contributed by atoms with E-state index in [2.05, 4.69) is 13.7 Å². The molecule has 418 valence electrons. The van der Waals surface area contributed by atoms with Gasteiger partial charge in [-0.05, 0) is 57.2 Å². The highest BCUT2D eigenvalue weighted by Gasteiger charge is 2.24. The summed E-state index contributed by atoms with van der Waals surface area (Å²) in [6.07, 6.45) is -1.29. The van der Waals surface area contributed by atoms with Gasteiger partial charge in [0.25, 0.3) is 0 Å². The molecular weight excluding hydrogens is 1060 g/mol. The summed E-state index contributed by atoms with van der Waals surface area (Å²) in [5, 5.41) is 23.9. The standard InChI is InChI=1S/C21H47O14P3.C18H15O3P.2C3H8O2.H4P2/c1-20(34-37(28-14-9-23-4)29-15-10-24-5)18-32-36(27-13-8-22-3)33-19-21(2)35-38(30-16-11-25-6)31-17-12-26-7;1-4-10-16(11-5-1)19-22(20-17-12-6-2-7-13-17)21-18-14-8-3-9-15-18;1-5-3-2-4;1-3(5)2-4;1-2/h20-21H,8-19H2,1-7H3;1-15H;4H,2-3H2,1H3;3-5H,2H2,1H3;1-2H2/i;;;;1T. The Morgan fingerprint density at radius 2 is 0.694 bits per heavy atom. The van der Waals surface area contributed by atoms with Crippen LogP contribution < -0.4 is 13.6 Å². The van der Waals surface area contributed by atoms with E-state index in [4.69, 9.17) is 94.6 Å². The zero-order valence-electron chi connectivity index (χ0n) is 44.1. The third kappa shape index (κ3) is 47.4. The SMILES string of the molecule is CC(O)CO.COCCO.COCCOP(OCC(C)OP(OCCOC)OCCOC)OCC(C)OP(OCCOC)OCCOC.[3H]PP.c1ccc(OP(Oc2ccccc2)Oc2ccccc2)cc1. The van der Waals surface area contributed by atoms with Gasteiger partial charge in [-0.2, -0.15) is 0 Å². The third-order valence-electron chi connectivity index (χ3n) is 7.11. The molecule has 3 rings (SSSR count). The van der Waals surface area contributed by atoms with E-state index in [0.29, 0.717) is 89.9 Å². The molecule has 0 aliphatic rings. The second-order valence-corrected chi connectivity index (χ2v) is 18.0. The molecule has 0 saturated carbocycles. The van der Waals surface area contributed by atoms with Crippen LogP contribution in [-0.4, -0.2) is 177 Å². The molecule has 0 saturated heterocycles. The van der Waals surface area contributed by atoms with E-state index in [1.807, 2.05) is 105 Å². The van der Waals surface area contributed by atoms with Gasteiger partial charge in [0.05, 0.1) is 119 Å². The van der Waals surface area contributed by atoms with Crippen LogP contribution in [0.25, 0.3) is 0 Å². The Morgan fingerprint density at radius 3 is 0.917 bits per heavy atom. The average Bonchev–Trinajstić information content (AvgIpc) is 3.39. The van der Waals surface area contributed by atoms with Crippen LogP contribution in [0, 0.1) is 0 Å². The van der Waals surface area contributed by atoms with Gasteiger partial charge in [0, 0.05) is 42.7 Å². The van der Waals surface area contributed by atoms with Gasteiger partial charge in [-0.15, -0.1) is 17.8 Å². The highest BCUT2D eigenvalue weighted by Crippen LogP contribution is 2.45. The number of hydrogen-bond acceptors (Lipinski definition) is 21. The van der Waals surface area contributed by atoms with Crippen molar-refractivity contribution in [2.24, 2.45) is 0 Å². The van der Waals surface area contributed by atoms with Crippen molar-refractivity contribution >= 4 is 52.2 Å². The number of ether oxygens (including phenoxy) is 6. The van der Waals surface area contributed by atoms with Crippen molar-refractivity contribution in [1.29, 1.82) is 1.28 Å². The van der Waals surface area contributed by atoms with Crippen LogP contribution in [0.1, 0.15) is 20.8 Å². The minimum atomic E-state index is -1.71. The Morgan fingerprint density at radius 1 is 0.431 bits per heavy atom. The molecule has 0 aliphatic heterocycles. The first kappa shape index (κ1) is 70.9. The van der Waals surface area contributed by atoms with Crippen LogP contribution >= 0.6 is 52.2 Å². The number of rotatable bonds is 39. The van der Waals surface area contributed by atoms with Crippen LogP contribution in [0.3, 0.4) is 0 Å². The molecule has 0 aromatic heterocycles. The maximum Gasteiger partial charge on any atom is 0.530 e. The predicted molar refractivity (Wildman–Crippen MR) is 288 cm³/mol. The van der Waals surface area contributed by atoms with Crippen molar-refractivity contribution in [3.63, 3.8) is 0 Å². The molecule has 3 N–H and O–H groups in total. The predicted octanol–water partition coefficient (Wildman–Crippen LogP) is 8.91. The summed E-state index contributed by atoms with van der Waals surface area (Å²) in [7, 11) is 5.52. The fourth-order valence-corrected chi connectivity index (χ4v) is 7.92. The molecule has 0 spiro atoms. The fourth-order valence-electron chi connectivity index (χ4n) is 3.82. The fraction of sp³-hybridized carbons (Fsp3) is 0.600. The second kappa shape index (κ2) is 56.1. The van der Waals surface area contributed by atoms with E-state index in [-0.39, 0.29) is 47.5 Å². The number of methoxy groups -OCH3 is 6. The monoisotopic (exact) mass is 1150 g/mol. The Labute approximate surface area is 439 Å². The van der Waals surface area contributed by atoms with Gasteiger partial charge in [-0.3, -0.25) is 0 Å². The number of para-hydroxylation sites is 3. The van der Waals surface area contributed by atoms with E-state index < -0.39 is 40.5 Å². The smallest absolute Gasteiger partial charge is 0.409 e. The third-order valence-corrected chi connectivity index (χ3v) is 11.9. The zero-order valence-corrected chi connectivity index (χ0v) is 48.8. The van der Waals surface area contributed by atoms with E-state index in [1.54, 1.807) is 42.7 Å². The Kier molecular flexibility index (Phi) is 55.3. The Balaban J connectivity index is 0. The quantitative estimate of drug-likeness (QED) is 0.0358. The molecule has 27 heteroatoms. The minimum Gasteiger partial charge on any atom is -0.409 e. The molecule has 3 aromatic carbocycles. The van der Waals surface area contributed by atoms with Gasteiger partial charge < -0.3 is 98.0 Å². The van der Waals surface area contributed by atoms with E-state index in [9.17, 15) is 0 Å². The first-order chi connectivity index (χ1) is 35.5. The van der Waals surface area contributed by atoms with Crippen LogP contribution in [0.2, 0.25) is 0 Å². The lowest BCUT2D eigenvalue weighted by molar-refractivity contribution is 0.0428. The lowest BCUT2D eigenvalue weighted by Gasteiger charge is -2.24. The number of aliphatic hydroxyl groups excluding tert-OH is 3. The van der Waals surface area contributed by atoms with Crippen LogP contribution in [0.5, 0.6) is 17.2 Å².